The van der Waals surface area contributed by atoms with Gasteiger partial charge in [-0.1, -0.05) is 23.7 Å². The Balaban J connectivity index is 1.54. The van der Waals surface area contributed by atoms with Crippen molar-refractivity contribution in [3.63, 3.8) is 0 Å². The molecule has 1 fully saturated rings. The molecule has 0 bridgehead atoms. The lowest BCUT2D eigenvalue weighted by atomic mass is 9.91. The summed E-state index contributed by atoms with van der Waals surface area (Å²) in [5, 5.41) is 5.10. The summed E-state index contributed by atoms with van der Waals surface area (Å²) in [5.74, 6) is 0.0452. The van der Waals surface area contributed by atoms with Gasteiger partial charge in [0.15, 0.2) is 0 Å². The van der Waals surface area contributed by atoms with Crippen molar-refractivity contribution in [3.05, 3.63) is 34.5 Å². The maximum atomic E-state index is 12.2. The zero-order chi connectivity index (χ0) is 15.1. The van der Waals surface area contributed by atoms with Crippen LogP contribution in [0.1, 0.15) is 30.5 Å². The molecule has 2 aliphatic rings. The van der Waals surface area contributed by atoms with Crippen LogP contribution in [0, 0.1) is 0 Å². The van der Waals surface area contributed by atoms with Gasteiger partial charge >= 0.3 is 0 Å². The number of carbonyl (C=O) groups excluding carboxylic acids is 1. The smallest absolute Gasteiger partial charge is 0.249 e. The molecule has 2 N–H and O–H groups in total. The van der Waals surface area contributed by atoms with Gasteiger partial charge in [0.05, 0.1) is 10.5 Å². The predicted molar refractivity (Wildman–Crippen MR) is 86.2 cm³/mol. The predicted octanol–water partition coefficient (Wildman–Crippen LogP) is 2.97. The fraction of sp³-hybridized carbons (Fsp3) is 0.471. The maximum absolute atomic E-state index is 12.2. The van der Waals surface area contributed by atoms with Crippen LogP contribution >= 0.6 is 11.6 Å². The standard InChI is InChI=1S/C17H19ClN2O2/c18-13-4-1-3-11-12-9-10(6-7-14(12)20-16(11)13)19-17(21)15-5-2-8-22-15/h1,3-4,10,15,20H,2,5-9H2,(H,19,21). The number of aromatic nitrogens is 1. The third-order valence-corrected chi connectivity index (χ3v) is 5.06. The molecule has 0 saturated carbocycles. The highest BCUT2D eigenvalue weighted by atomic mass is 35.5. The van der Waals surface area contributed by atoms with Crippen molar-refractivity contribution in [1.29, 1.82) is 0 Å². The first-order valence-electron chi connectivity index (χ1n) is 7.92. The van der Waals surface area contributed by atoms with Gasteiger partial charge in [-0.25, -0.2) is 0 Å². The Labute approximate surface area is 134 Å². The second kappa shape index (κ2) is 5.60. The molecule has 1 amide bonds. The third kappa shape index (κ3) is 2.40. The van der Waals surface area contributed by atoms with E-state index in [4.69, 9.17) is 16.3 Å². The molecule has 1 aromatic heterocycles. The molecule has 5 heteroatoms. The summed E-state index contributed by atoms with van der Waals surface area (Å²) >= 11 is 6.27. The minimum absolute atomic E-state index is 0.0452. The lowest BCUT2D eigenvalue weighted by Gasteiger charge is -2.24. The molecule has 1 aromatic carbocycles. The molecule has 4 rings (SSSR count). The molecular formula is C17H19ClN2O2. The quantitative estimate of drug-likeness (QED) is 0.894. The molecule has 1 aliphatic heterocycles. The zero-order valence-electron chi connectivity index (χ0n) is 12.3. The molecular weight excluding hydrogens is 300 g/mol. The molecule has 116 valence electrons. The van der Waals surface area contributed by atoms with Gasteiger partial charge in [-0.15, -0.1) is 0 Å². The Bertz CT molecular complexity index is 719. The van der Waals surface area contributed by atoms with Crippen LogP contribution in [-0.2, 0) is 22.4 Å². The van der Waals surface area contributed by atoms with Gasteiger partial charge in [-0.3, -0.25) is 4.79 Å². The summed E-state index contributed by atoms with van der Waals surface area (Å²) in [5.41, 5.74) is 3.56. The van der Waals surface area contributed by atoms with Crippen molar-refractivity contribution < 1.29 is 9.53 Å². The third-order valence-electron chi connectivity index (χ3n) is 4.74. The molecule has 22 heavy (non-hydrogen) atoms. The van der Waals surface area contributed by atoms with Crippen molar-refractivity contribution in [3.8, 4) is 0 Å². The van der Waals surface area contributed by atoms with E-state index in [1.165, 1.54) is 16.6 Å². The molecule has 2 heterocycles. The average Bonchev–Trinajstić information content (AvgIpc) is 3.15. The summed E-state index contributed by atoms with van der Waals surface area (Å²) < 4.78 is 5.46. The average molecular weight is 319 g/mol. The lowest BCUT2D eigenvalue weighted by molar-refractivity contribution is -0.130. The Hall–Kier alpha value is -1.52. The van der Waals surface area contributed by atoms with Gasteiger partial charge in [0, 0.05) is 23.7 Å². The number of H-pyrrole nitrogens is 1. The minimum Gasteiger partial charge on any atom is -0.368 e. The summed E-state index contributed by atoms with van der Waals surface area (Å²) in [4.78, 5) is 15.7. The number of para-hydroxylation sites is 1. The molecule has 1 saturated heterocycles. The molecule has 2 atom stereocenters. The minimum atomic E-state index is -0.251. The number of aryl methyl sites for hydroxylation is 1. The largest absolute Gasteiger partial charge is 0.368 e. The van der Waals surface area contributed by atoms with E-state index in [0.29, 0.717) is 6.61 Å². The van der Waals surface area contributed by atoms with E-state index in [1.54, 1.807) is 0 Å². The lowest BCUT2D eigenvalue weighted by Crippen LogP contribution is -2.43. The van der Waals surface area contributed by atoms with Gasteiger partial charge in [0.1, 0.15) is 6.10 Å². The summed E-state index contributed by atoms with van der Waals surface area (Å²) in [6, 6.07) is 6.17. The number of amides is 1. The number of nitrogens with one attached hydrogen (secondary N) is 2. The summed E-state index contributed by atoms with van der Waals surface area (Å²) in [6.07, 6.45) is 4.32. The van der Waals surface area contributed by atoms with Crippen LogP contribution in [0.4, 0.5) is 0 Å². The van der Waals surface area contributed by atoms with E-state index in [-0.39, 0.29) is 18.1 Å². The number of fused-ring (bicyclic) bond motifs is 3. The van der Waals surface area contributed by atoms with Crippen LogP contribution in [-0.4, -0.2) is 29.6 Å². The van der Waals surface area contributed by atoms with E-state index in [1.807, 2.05) is 12.1 Å². The van der Waals surface area contributed by atoms with Gasteiger partial charge in [0.2, 0.25) is 5.91 Å². The van der Waals surface area contributed by atoms with Crippen molar-refractivity contribution in [2.45, 2.75) is 44.2 Å². The van der Waals surface area contributed by atoms with Gasteiger partial charge in [0.25, 0.3) is 0 Å². The number of ether oxygens (including phenoxy) is 1. The number of benzene rings is 1. The molecule has 2 aromatic rings. The fourth-order valence-corrected chi connectivity index (χ4v) is 3.83. The summed E-state index contributed by atoms with van der Waals surface area (Å²) in [7, 11) is 0. The van der Waals surface area contributed by atoms with E-state index in [0.717, 1.165) is 42.6 Å². The second-order valence-corrected chi connectivity index (χ2v) is 6.60. The normalized spacial score (nSPS) is 24.4. The monoisotopic (exact) mass is 318 g/mol. The highest BCUT2D eigenvalue weighted by molar-refractivity contribution is 6.35. The summed E-state index contributed by atoms with van der Waals surface area (Å²) in [6.45, 7) is 0.702. The van der Waals surface area contributed by atoms with Crippen molar-refractivity contribution in [1.82, 2.24) is 10.3 Å². The first kappa shape index (κ1) is 14.1. The highest BCUT2D eigenvalue weighted by Crippen LogP contribution is 2.32. The number of hydrogen-bond acceptors (Lipinski definition) is 2. The molecule has 0 radical (unpaired) electrons. The molecule has 4 nitrogen and oxygen atoms in total. The zero-order valence-corrected chi connectivity index (χ0v) is 13.1. The van der Waals surface area contributed by atoms with E-state index in [9.17, 15) is 4.79 Å². The van der Waals surface area contributed by atoms with Crippen molar-refractivity contribution in [2.75, 3.05) is 6.61 Å². The Morgan fingerprint density at radius 2 is 2.27 bits per heavy atom. The number of hydrogen-bond donors (Lipinski definition) is 2. The van der Waals surface area contributed by atoms with Crippen LogP contribution in [0.5, 0.6) is 0 Å². The van der Waals surface area contributed by atoms with Crippen molar-refractivity contribution >= 4 is 28.4 Å². The first-order valence-corrected chi connectivity index (χ1v) is 8.30. The number of rotatable bonds is 2. The molecule has 1 aliphatic carbocycles. The van der Waals surface area contributed by atoms with Crippen LogP contribution in [0.15, 0.2) is 18.2 Å². The Morgan fingerprint density at radius 3 is 3.09 bits per heavy atom. The van der Waals surface area contributed by atoms with Crippen LogP contribution in [0.2, 0.25) is 5.02 Å². The fourth-order valence-electron chi connectivity index (χ4n) is 3.61. The van der Waals surface area contributed by atoms with Crippen LogP contribution in [0.3, 0.4) is 0 Å². The van der Waals surface area contributed by atoms with Gasteiger partial charge < -0.3 is 15.0 Å². The number of carbonyl (C=O) groups is 1. The Morgan fingerprint density at radius 1 is 1.36 bits per heavy atom. The van der Waals surface area contributed by atoms with Crippen molar-refractivity contribution in [2.24, 2.45) is 0 Å². The first-order chi connectivity index (χ1) is 10.7. The van der Waals surface area contributed by atoms with Gasteiger partial charge in [-0.2, -0.15) is 0 Å². The van der Waals surface area contributed by atoms with E-state index < -0.39 is 0 Å². The van der Waals surface area contributed by atoms with Crippen LogP contribution < -0.4 is 5.32 Å². The topological polar surface area (TPSA) is 54.1 Å². The van der Waals surface area contributed by atoms with E-state index in [2.05, 4.69) is 16.4 Å². The SMILES string of the molecule is O=C(NC1CCc2[nH]c3c(Cl)cccc3c2C1)C1CCCO1. The maximum Gasteiger partial charge on any atom is 0.249 e. The number of halogens is 1. The van der Waals surface area contributed by atoms with E-state index >= 15 is 0 Å². The Kier molecular flexibility index (Phi) is 3.59. The molecule has 2 unspecified atom stereocenters. The van der Waals surface area contributed by atoms with Gasteiger partial charge in [-0.05, 0) is 43.7 Å². The molecule has 0 spiro atoms. The van der Waals surface area contributed by atoms with Crippen LogP contribution in [0.25, 0.3) is 10.9 Å². The second-order valence-electron chi connectivity index (χ2n) is 6.19. The highest BCUT2D eigenvalue weighted by Gasteiger charge is 2.28. The number of aromatic amines is 1.